The molecule has 0 aromatic heterocycles. The molecule has 1 aliphatic carbocycles. The Morgan fingerprint density at radius 1 is 1.05 bits per heavy atom. The number of rotatable bonds is 11. The van der Waals surface area contributed by atoms with Crippen LogP contribution in [0.3, 0.4) is 0 Å². The number of hydrogen-bond acceptors (Lipinski definition) is 1. The number of carbonyl (C=O) groups is 1. The van der Waals surface area contributed by atoms with Crippen molar-refractivity contribution in [3.8, 4) is 0 Å². The maximum absolute atomic E-state index is 12.1. The molecule has 2 heteroatoms. The van der Waals surface area contributed by atoms with E-state index in [4.69, 9.17) is 0 Å². The van der Waals surface area contributed by atoms with Gasteiger partial charge in [0.2, 0.25) is 5.91 Å². The molecule has 0 unspecified atom stereocenters. The molecule has 1 amide bonds. The van der Waals surface area contributed by atoms with E-state index >= 15 is 0 Å². The molecule has 0 atom stereocenters. The second-order valence-corrected chi connectivity index (χ2v) is 6.37. The Morgan fingerprint density at radius 3 is 2.24 bits per heavy atom. The molecular weight excluding hydrogens is 258 g/mol. The first-order valence-electron chi connectivity index (χ1n) is 8.77. The van der Waals surface area contributed by atoms with Crippen molar-refractivity contribution < 1.29 is 4.79 Å². The van der Waals surface area contributed by atoms with Crippen molar-refractivity contribution in [1.82, 2.24) is 4.90 Å². The monoisotopic (exact) mass is 291 g/mol. The molecule has 0 saturated heterocycles. The number of allylic oxidation sites excluding steroid dienone is 3. The summed E-state index contributed by atoms with van der Waals surface area (Å²) in [6.45, 7) is 7.22. The molecule has 1 rings (SSSR count). The Bertz CT molecular complexity index is 339. The van der Waals surface area contributed by atoms with Crippen LogP contribution >= 0.6 is 0 Å². The third-order valence-electron chi connectivity index (χ3n) is 3.94. The first-order valence-corrected chi connectivity index (χ1v) is 8.77. The van der Waals surface area contributed by atoms with Gasteiger partial charge in [0.15, 0.2) is 0 Å². The maximum atomic E-state index is 12.1. The fourth-order valence-electron chi connectivity index (χ4n) is 2.37. The summed E-state index contributed by atoms with van der Waals surface area (Å²) in [5, 5.41) is 0. The Kier molecular flexibility index (Phi) is 9.12. The molecule has 0 aromatic rings. The van der Waals surface area contributed by atoms with Crippen molar-refractivity contribution in [2.24, 2.45) is 5.92 Å². The SMILES string of the molecule is CCCCC/C=C\CC/C=C\CN(C(=O)C1CC1)C(C)C. The summed E-state index contributed by atoms with van der Waals surface area (Å²) in [4.78, 5) is 14.1. The van der Waals surface area contributed by atoms with Gasteiger partial charge in [0.05, 0.1) is 0 Å². The molecule has 0 heterocycles. The van der Waals surface area contributed by atoms with Crippen LogP contribution in [0.15, 0.2) is 24.3 Å². The lowest BCUT2D eigenvalue weighted by Crippen LogP contribution is -2.38. The highest BCUT2D eigenvalue weighted by Gasteiger charge is 2.33. The Morgan fingerprint density at radius 2 is 1.67 bits per heavy atom. The second-order valence-electron chi connectivity index (χ2n) is 6.37. The van der Waals surface area contributed by atoms with Crippen molar-refractivity contribution in [2.45, 2.75) is 78.2 Å². The van der Waals surface area contributed by atoms with Crippen LogP contribution in [0.5, 0.6) is 0 Å². The molecule has 0 N–H and O–H groups in total. The molecule has 0 spiro atoms. The summed E-state index contributed by atoms with van der Waals surface area (Å²) >= 11 is 0. The quantitative estimate of drug-likeness (QED) is 0.383. The molecule has 0 aliphatic heterocycles. The largest absolute Gasteiger partial charge is 0.336 e. The van der Waals surface area contributed by atoms with Crippen LogP contribution in [-0.4, -0.2) is 23.4 Å². The van der Waals surface area contributed by atoms with E-state index in [0.29, 0.717) is 17.9 Å². The van der Waals surface area contributed by atoms with Crippen LogP contribution in [0, 0.1) is 5.92 Å². The van der Waals surface area contributed by atoms with Crippen molar-refractivity contribution in [1.29, 1.82) is 0 Å². The average Bonchev–Trinajstić information content (AvgIpc) is 3.28. The molecule has 0 radical (unpaired) electrons. The van der Waals surface area contributed by atoms with E-state index in [1.165, 1.54) is 25.7 Å². The molecule has 120 valence electrons. The van der Waals surface area contributed by atoms with Gasteiger partial charge in [-0.15, -0.1) is 0 Å². The molecule has 0 bridgehead atoms. The van der Waals surface area contributed by atoms with E-state index in [1.54, 1.807) is 0 Å². The van der Waals surface area contributed by atoms with Crippen LogP contribution in [-0.2, 0) is 4.79 Å². The van der Waals surface area contributed by atoms with Crippen LogP contribution in [0.2, 0.25) is 0 Å². The lowest BCUT2D eigenvalue weighted by atomic mass is 10.2. The predicted octanol–water partition coefficient (Wildman–Crippen LogP) is 5.11. The predicted molar refractivity (Wildman–Crippen MR) is 91.2 cm³/mol. The van der Waals surface area contributed by atoms with E-state index in [1.807, 2.05) is 4.90 Å². The van der Waals surface area contributed by atoms with Crippen molar-refractivity contribution in [3.05, 3.63) is 24.3 Å². The highest BCUT2D eigenvalue weighted by Crippen LogP contribution is 2.31. The van der Waals surface area contributed by atoms with Crippen LogP contribution in [0.4, 0.5) is 0 Å². The van der Waals surface area contributed by atoms with E-state index < -0.39 is 0 Å². The van der Waals surface area contributed by atoms with Gasteiger partial charge in [-0.3, -0.25) is 4.79 Å². The fourth-order valence-corrected chi connectivity index (χ4v) is 2.37. The Hall–Kier alpha value is -1.05. The number of unbranched alkanes of at least 4 members (excludes halogenated alkanes) is 4. The summed E-state index contributed by atoms with van der Waals surface area (Å²) in [5.74, 6) is 0.678. The van der Waals surface area contributed by atoms with E-state index in [0.717, 1.165) is 32.2 Å². The summed E-state index contributed by atoms with van der Waals surface area (Å²) in [6.07, 6.45) is 18.5. The summed E-state index contributed by atoms with van der Waals surface area (Å²) in [5.41, 5.74) is 0. The zero-order valence-electron chi connectivity index (χ0n) is 14.2. The van der Waals surface area contributed by atoms with E-state index in [2.05, 4.69) is 45.1 Å². The number of amides is 1. The summed E-state index contributed by atoms with van der Waals surface area (Å²) in [7, 11) is 0. The molecule has 1 fully saturated rings. The fraction of sp³-hybridized carbons (Fsp3) is 0.737. The van der Waals surface area contributed by atoms with E-state index in [-0.39, 0.29) is 0 Å². The summed E-state index contributed by atoms with van der Waals surface area (Å²) in [6, 6.07) is 0.307. The minimum absolute atomic E-state index is 0.307. The zero-order chi connectivity index (χ0) is 15.5. The normalized spacial score (nSPS) is 15.4. The third kappa shape index (κ3) is 8.08. The van der Waals surface area contributed by atoms with Gasteiger partial charge in [-0.1, -0.05) is 44.1 Å². The minimum atomic E-state index is 0.307. The van der Waals surface area contributed by atoms with Gasteiger partial charge >= 0.3 is 0 Å². The molecule has 1 aliphatic rings. The first-order chi connectivity index (χ1) is 10.2. The Labute approximate surface area is 131 Å². The van der Waals surface area contributed by atoms with Gasteiger partial charge < -0.3 is 4.90 Å². The van der Waals surface area contributed by atoms with Gasteiger partial charge in [-0.2, -0.15) is 0 Å². The van der Waals surface area contributed by atoms with Gasteiger partial charge in [0, 0.05) is 18.5 Å². The molecule has 2 nitrogen and oxygen atoms in total. The smallest absolute Gasteiger partial charge is 0.226 e. The molecular formula is C19H33NO. The number of carbonyl (C=O) groups excluding carboxylic acids is 1. The average molecular weight is 291 g/mol. The standard InChI is InChI=1S/C19H33NO/c1-4-5-6-7-8-9-10-11-12-13-16-20(17(2)3)19(21)18-14-15-18/h8-9,12-13,17-18H,4-7,10-11,14-16H2,1-3H3/b9-8-,13-12-. The maximum Gasteiger partial charge on any atom is 0.226 e. The zero-order valence-corrected chi connectivity index (χ0v) is 14.2. The van der Waals surface area contributed by atoms with Gasteiger partial charge in [0.1, 0.15) is 0 Å². The summed E-state index contributed by atoms with van der Waals surface area (Å²) < 4.78 is 0. The lowest BCUT2D eigenvalue weighted by molar-refractivity contribution is -0.133. The van der Waals surface area contributed by atoms with Crippen LogP contribution < -0.4 is 0 Å². The van der Waals surface area contributed by atoms with Crippen LogP contribution in [0.25, 0.3) is 0 Å². The van der Waals surface area contributed by atoms with E-state index in [9.17, 15) is 4.79 Å². The highest BCUT2D eigenvalue weighted by molar-refractivity contribution is 5.81. The minimum Gasteiger partial charge on any atom is -0.336 e. The second kappa shape index (κ2) is 10.6. The molecule has 1 saturated carbocycles. The van der Waals surface area contributed by atoms with Crippen molar-refractivity contribution in [2.75, 3.05) is 6.54 Å². The first kappa shape index (κ1) is 18.0. The Balaban J connectivity index is 2.13. The molecule has 0 aromatic carbocycles. The molecule has 21 heavy (non-hydrogen) atoms. The van der Waals surface area contributed by atoms with Gasteiger partial charge in [-0.25, -0.2) is 0 Å². The van der Waals surface area contributed by atoms with Crippen molar-refractivity contribution in [3.63, 3.8) is 0 Å². The highest BCUT2D eigenvalue weighted by atomic mass is 16.2. The van der Waals surface area contributed by atoms with Gasteiger partial charge in [-0.05, 0) is 52.4 Å². The van der Waals surface area contributed by atoms with Crippen LogP contribution in [0.1, 0.15) is 72.1 Å². The third-order valence-corrected chi connectivity index (χ3v) is 3.94. The van der Waals surface area contributed by atoms with Crippen molar-refractivity contribution >= 4 is 5.91 Å². The lowest BCUT2D eigenvalue weighted by Gasteiger charge is -2.25. The van der Waals surface area contributed by atoms with Gasteiger partial charge in [0.25, 0.3) is 0 Å². The number of hydrogen-bond donors (Lipinski definition) is 0. The topological polar surface area (TPSA) is 20.3 Å². The number of nitrogens with zero attached hydrogens (tertiary/aromatic N) is 1.